The third-order valence-electron chi connectivity index (χ3n) is 4.94. The average molecular weight is 421 g/mol. The normalized spacial score (nSPS) is 14.7. The first-order valence-electron chi connectivity index (χ1n) is 10.2. The van der Waals surface area contributed by atoms with E-state index in [4.69, 9.17) is 9.47 Å². The molecule has 4 amide bonds. The molecule has 1 saturated heterocycles. The SMILES string of the molecule is COCCNC(=O)NC(=O)CN1CCCN(C(=O)CCc2ccc(OC)cc2)CC1. The first-order valence-corrected chi connectivity index (χ1v) is 10.2. The smallest absolute Gasteiger partial charge is 0.321 e. The molecule has 1 aliphatic rings. The predicted octanol–water partition coefficient (Wildman–Crippen LogP) is 0.634. The monoisotopic (exact) mass is 420 g/mol. The van der Waals surface area contributed by atoms with Crippen LogP contribution in [-0.4, -0.2) is 87.7 Å². The highest BCUT2D eigenvalue weighted by atomic mass is 16.5. The van der Waals surface area contributed by atoms with E-state index in [9.17, 15) is 14.4 Å². The molecule has 0 aliphatic carbocycles. The van der Waals surface area contributed by atoms with Crippen LogP contribution in [-0.2, 0) is 20.7 Å². The molecule has 2 rings (SSSR count). The van der Waals surface area contributed by atoms with Crippen molar-refractivity contribution < 1.29 is 23.9 Å². The minimum Gasteiger partial charge on any atom is -0.497 e. The number of rotatable bonds is 9. The summed E-state index contributed by atoms with van der Waals surface area (Å²) in [5.41, 5.74) is 1.10. The van der Waals surface area contributed by atoms with Crippen LogP contribution in [0.4, 0.5) is 4.79 Å². The molecule has 0 bridgehead atoms. The Labute approximate surface area is 177 Å². The molecule has 0 spiro atoms. The molecule has 2 N–H and O–H groups in total. The van der Waals surface area contributed by atoms with Crippen LogP contribution in [0.25, 0.3) is 0 Å². The van der Waals surface area contributed by atoms with Gasteiger partial charge in [0.05, 0.1) is 20.3 Å². The molecule has 0 atom stereocenters. The molecule has 0 radical (unpaired) electrons. The number of amides is 4. The highest BCUT2D eigenvalue weighted by molar-refractivity contribution is 5.95. The molecule has 1 heterocycles. The van der Waals surface area contributed by atoms with Gasteiger partial charge in [-0.1, -0.05) is 12.1 Å². The number of carbonyl (C=O) groups is 3. The fourth-order valence-corrected chi connectivity index (χ4v) is 3.26. The van der Waals surface area contributed by atoms with Gasteiger partial charge in [0.2, 0.25) is 11.8 Å². The largest absolute Gasteiger partial charge is 0.497 e. The molecule has 0 aromatic heterocycles. The van der Waals surface area contributed by atoms with Gasteiger partial charge in [-0.2, -0.15) is 0 Å². The van der Waals surface area contributed by atoms with Crippen LogP contribution >= 0.6 is 0 Å². The molecule has 30 heavy (non-hydrogen) atoms. The summed E-state index contributed by atoms with van der Waals surface area (Å²) in [6.07, 6.45) is 1.93. The fraction of sp³-hybridized carbons (Fsp3) is 0.571. The van der Waals surface area contributed by atoms with Gasteiger partial charge >= 0.3 is 6.03 Å². The Balaban J connectivity index is 1.70. The summed E-state index contributed by atoms with van der Waals surface area (Å²) in [7, 11) is 3.17. The van der Waals surface area contributed by atoms with Crippen LogP contribution < -0.4 is 15.4 Å². The van der Waals surface area contributed by atoms with Crippen LogP contribution in [0.1, 0.15) is 18.4 Å². The lowest BCUT2D eigenvalue weighted by molar-refractivity contribution is -0.131. The lowest BCUT2D eigenvalue weighted by Crippen LogP contribution is -2.46. The molecule has 9 heteroatoms. The summed E-state index contributed by atoms with van der Waals surface area (Å²) in [4.78, 5) is 40.1. The Hall–Kier alpha value is -2.65. The van der Waals surface area contributed by atoms with Crippen LogP contribution in [0.2, 0.25) is 0 Å². The number of ether oxygens (including phenoxy) is 2. The van der Waals surface area contributed by atoms with Crippen molar-refractivity contribution in [1.82, 2.24) is 20.4 Å². The standard InChI is InChI=1S/C21H32N4O5/c1-29-15-10-22-21(28)23-19(26)16-24-11-3-12-25(14-13-24)20(27)9-6-17-4-7-18(30-2)8-5-17/h4-5,7-8H,3,6,9-16H2,1-2H3,(H2,22,23,26,28). The number of imide groups is 1. The van der Waals surface area contributed by atoms with Crippen molar-refractivity contribution in [2.75, 3.05) is 60.1 Å². The third-order valence-corrected chi connectivity index (χ3v) is 4.94. The zero-order valence-electron chi connectivity index (χ0n) is 17.8. The number of urea groups is 1. The third kappa shape index (κ3) is 8.38. The van der Waals surface area contributed by atoms with E-state index in [-0.39, 0.29) is 18.4 Å². The number of benzene rings is 1. The predicted molar refractivity (Wildman–Crippen MR) is 112 cm³/mol. The van der Waals surface area contributed by atoms with Gasteiger partial charge in [-0.3, -0.25) is 19.8 Å². The molecular formula is C21H32N4O5. The first-order chi connectivity index (χ1) is 14.5. The van der Waals surface area contributed by atoms with Gasteiger partial charge in [0.1, 0.15) is 5.75 Å². The Morgan fingerprint density at radius 2 is 1.80 bits per heavy atom. The molecule has 0 unspecified atom stereocenters. The topological polar surface area (TPSA) is 100 Å². The van der Waals surface area contributed by atoms with Crippen molar-refractivity contribution in [2.45, 2.75) is 19.3 Å². The number of nitrogens with zero attached hydrogens (tertiary/aromatic N) is 2. The second-order valence-electron chi connectivity index (χ2n) is 7.16. The maximum atomic E-state index is 12.6. The van der Waals surface area contributed by atoms with Crippen LogP contribution in [0.3, 0.4) is 0 Å². The van der Waals surface area contributed by atoms with Crippen LogP contribution in [0, 0.1) is 0 Å². The molecule has 1 aromatic rings. The van der Waals surface area contributed by atoms with Crippen molar-refractivity contribution >= 4 is 17.8 Å². The Kier molecular flexibility index (Phi) is 10.1. The zero-order valence-corrected chi connectivity index (χ0v) is 17.8. The number of carbonyl (C=O) groups excluding carboxylic acids is 3. The van der Waals surface area contributed by atoms with Gasteiger partial charge in [0.25, 0.3) is 0 Å². The summed E-state index contributed by atoms with van der Waals surface area (Å²) in [5, 5.41) is 4.86. The van der Waals surface area contributed by atoms with Crippen molar-refractivity contribution in [3.63, 3.8) is 0 Å². The number of nitrogens with one attached hydrogen (secondary N) is 2. The molecule has 0 saturated carbocycles. The van der Waals surface area contributed by atoms with E-state index in [1.54, 1.807) is 7.11 Å². The van der Waals surface area contributed by atoms with Crippen molar-refractivity contribution in [3.8, 4) is 5.75 Å². The lowest BCUT2D eigenvalue weighted by atomic mass is 10.1. The summed E-state index contributed by atoms with van der Waals surface area (Å²) in [5.74, 6) is 0.563. The van der Waals surface area contributed by atoms with Crippen molar-refractivity contribution in [2.24, 2.45) is 0 Å². The van der Waals surface area contributed by atoms with E-state index in [2.05, 4.69) is 10.6 Å². The van der Waals surface area contributed by atoms with Gasteiger partial charge in [-0.25, -0.2) is 4.79 Å². The van der Waals surface area contributed by atoms with E-state index < -0.39 is 6.03 Å². The van der Waals surface area contributed by atoms with E-state index in [1.807, 2.05) is 34.1 Å². The Morgan fingerprint density at radius 1 is 1.03 bits per heavy atom. The summed E-state index contributed by atoms with van der Waals surface area (Å²) in [6.45, 7) is 3.42. The maximum absolute atomic E-state index is 12.6. The highest BCUT2D eigenvalue weighted by Crippen LogP contribution is 2.13. The van der Waals surface area contributed by atoms with E-state index in [0.29, 0.717) is 52.2 Å². The van der Waals surface area contributed by atoms with Gasteiger partial charge in [0.15, 0.2) is 0 Å². The molecule has 1 aliphatic heterocycles. The Bertz CT molecular complexity index is 695. The summed E-state index contributed by atoms with van der Waals surface area (Å²) < 4.78 is 9.99. The molecular weight excluding hydrogens is 388 g/mol. The quantitative estimate of drug-likeness (QED) is 0.569. The number of hydrogen-bond acceptors (Lipinski definition) is 6. The van der Waals surface area contributed by atoms with E-state index in [0.717, 1.165) is 17.7 Å². The van der Waals surface area contributed by atoms with E-state index in [1.165, 1.54) is 7.11 Å². The second kappa shape index (κ2) is 12.8. The molecule has 1 aromatic carbocycles. The first kappa shape index (κ1) is 23.6. The number of aryl methyl sites for hydroxylation is 1. The molecule has 166 valence electrons. The van der Waals surface area contributed by atoms with Gasteiger partial charge < -0.3 is 19.7 Å². The highest BCUT2D eigenvalue weighted by Gasteiger charge is 2.21. The Morgan fingerprint density at radius 3 is 2.50 bits per heavy atom. The van der Waals surface area contributed by atoms with Gasteiger partial charge in [-0.15, -0.1) is 0 Å². The van der Waals surface area contributed by atoms with Crippen LogP contribution in [0.5, 0.6) is 5.75 Å². The maximum Gasteiger partial charge on any atom is 0.321 e. The lowest BCUT2D eigenvalue weighted by Gasteiger charge is -2.21. The minimum absolute atomic E-state index is 0.120. The van der Waals surface area contributed by atoms with Crippen molar-refractivity contribution in [3.05, 3.63) is 29.8 Å². The zero-order chi connectivity index (χ0) is 21.8. The minimum atomic E-state index is -0.526. The fourth-order valence-electron chi connectivity index (χ4n) is 3.26. The van der Waals surface area contributed by atoms with Crippen molar-refractivity contribution in [1.29, 1.82) is 0 Å². The summed E-state index contributed by atoms with van der Waals surface area (Å²) >= 11 is 0. The van der Waals surface area contributed by atoms with Crippen LogP contribution in [0.15, 0.2) is 24.3 Å². The molecule has 9 nitrogen and oxygen atoms in total. The average Bonchev–Trinajstić information content (AvgIpc) is 2.98. The van der Waals surface area contributed by atoms with Gasteiger partial charge in [-0.05, 0) is 30.5 Å². The van der Waals surface area contributed by atoms with E-state index >= 15 is 0 Å². The van der Waals surface area contributed by atoms with Gasteiger partial charge in [0, 0.05) is 46.3 Å². The number of hydrogen-bond donors (Lipinski definition) is 2. The summed E-state index contributed by atoms with van der Waals surface area (Å²) in [6, 6.07) is 7.21. The second-order valence-corrected chi connectivity index (χ2v) is 7.16. The number of methoxy groups -OCH3 is 2. The molecule has 1 fully saturated rings.